The molecule has 1 fully saturated rings. The third kappa shape index (κ3) is 3.89. The van der Waals surface area contributed by atoms with E-state index in [1.165, 1.54) is 36.9 Å². The van der Waals surface area contributed by atoms with Gasteiger partial charge in [0.2, 0.25) is 0 Å². The van der Waals surface area contributed by atoms with E-state index in [2.05, 4.69) is 29.3 Å². The van der Waals surface area contributed by atoms with Crippen LogP contribution >= 0.6 is 0 Å². The Bertz CT molecular complexity index is 460. The third-order valence-corrected chi connectivity index (χ3v) is 4.40. The van der Waals surface area contributed by atoms with Gasteiger partial charge in [0.15, 0.2) is 11.5 Å². The molecule has 1 aromatic carbocycles. The Morgan fingerprint density at radius 2 is 1.90 bits per heavy atom. The quantitative estimate of drug-likeness (QED) is 0.874. The first kappa shape index (κ1) is 16.1. The molecule has 118 valence electrons. The minimum atomic E-state index is 0.635. The van der Waals surface area contributed by atoms with E-state index >= 15 is 0 Å². The van der Waals surface area contributed by atoms with Crippen molar-refractivity contribution in [3.63, 3.8) is 0 Å². The number of methoxy groups -OCH3 is 2. The number of hydrogen-bond acceptors (Lipinski definition) is 4. The van der Waals surface area contributed by atoms with Crippen molar-refractivity contribution in [3.8, 4) is 11.5 Å². The van der Waals surface area contributed by atoms with Crippen LogP contribution in [0.25, 0.3) is 0 Å². The predicted molar refractivity (Wildman–Crippen MR) is 86.3 cm³/mol. The zero-order valence-electron chi connectivity index (χ0n) is 13.7. The van der Waals surface area contributed by atoms with Crippen molar-refractivity contribution >= 4 is 0 Å². The van der Waals surface area contributed by atoms with Crippen LogP contribution in [0.5, 0.6) is 11.5 Å². The lowest BCUT2D eigenvalue weighted by Gasteiger charge is -2.36. The summed E-state index contributed by atoms with van der Waals surface area (Å²) in [4.78, 5) is 2.59. The lowest BCUT2D eigenvalue weighted by Crippen LogP contribution is -2.44. The molecule has 1 N–H and O–H groups in total. The zero-order valence-corrected chi connectivity index (χ0v) is 13.7. The summed E-state index contributed by atoms with van der Waals surface area (Å²) in [6.07, 6.45) is 3.92. The van der Waals surface area contributed by atoms with Gasteiger partial charge >= 0.3 is 0 Å². The van der Waals surface area contributed by atoms with E-state index in [4.69, 9.17) is 9.47 Å². The highest BCUT2D eigenvalue weighted by molar-refractivity contribution is 5.47. The zero-order chi connectivity index (χ0) is 15.2. The Hall–Kier alpha value is -1.26. The van der Waals surface area contributed by atoms with Crippen LogP contribution in [0.4, 0.5) is 0 Å². The molecule has 0 bridgehead atoms. The van der Waals surface area contributed by atoms with E-state index in [1.54, 1.807) is 14.2 Å². The van der Waals surface area contributed by atoms with Crippen LogP contribution < -0.4 is 14.8 Å². The van der Waals surface area contributed by atoms with Gasteiger partial charge in [-0.2, -0.15) is 0 Å². The molecule has 21 heavy (non-hydrogen) atoms. The second kappa shape index (κ2) is 7.66. The summed E-state index contributed by atoms with van der Waals surface area (Å²) >= 11 is 0. The second-order valence-electron chi connectivity index (χ2n) is 5.81. The summed E-state index contributed by atoms with van der Waals surface area (Å²) in [7, 11) is 5.42. The number of likely N-dealkylation sites (N-methyl/N-ethyl adjacent to an activating group) is 1. The van der Waals surface area contributed by atoms with E-state index in [0.29, 0.717) is 6.04 Å². The van der Waals surface area contributed by atoms with Crippen LogP contribution in [0.3, 0.4) is 0 Å². The number of nitrogens with zero attached hydrogens (tertiary/aromatic N) is 1. The molecule has 1 heterocycles. The third-order valence-electron chi connectivity index (χ3n) is 4.40. The van der Waals surface area contributed by atoms with Crippen molar-refractivity contribution < 1.29 is 9.47 Å². The maximum Gasteiger partial charge on any atom is 0.161 e. The maximum absolute atomic E-state index is 5.44. The number of ether oxygens (including phenoxy) is 2. The Morgan fingerprint density at radius 3 is 2.57 bits per heavy atom. The van der Waals surface area contributed by atoms with Gasteiger partial charge in [-0.3, -0.25) is 4.90 Å². The minimum Gasteiger partial charge on any atom is -0.493 e. The number of likely N-dealkylation sites (tertiary alicyclic amines) is 1. The Balaban J connectivity index is 2.17. The smallest absolute Gasteiger partial charge is 0.161 e. The van der Waals surface area contributed by atoms with Crippen LogP contribution in [0.15, 0.2) is 12.1 Å². The Labute approximate surface area is 128 Å². The molecule has 1 unspecified atom stereocenters. The first-order valence-electron chi connectivity index (χ1n) is 7.79. The summed E-state index contributed by atoms with van der Waals surface area (Å²) in [6.45, 7) is 5.37. The monoisotopic (exact) mass is 292 g/mol. The largest absolute Gasteiger partial charge is 0.493 e. The molecule has 1 aromatic rings. The van der Waals surface area contributed by atoms with Gasteiger partial charge in [-0.1, -0.05) is 6.42 Å². The highest BCUT2D eigenvalue weighted by Gasteiger charge is 2.22. The molecule has 0 amide bonds. The van der Waals surface area contributed by atoms with Crippen LogP contribution in [0.2, 0.25) is 0 Å². The molecular weight excluding hydrogens is 264 g/mol. The fourth-order valence-electron chi connectivity index (χ4n) is 3.15. The predicted octanol–water partition coefficient (Wildman–Crippen LogP) is 2.59. The number of piperidine rings is 1. The molecule has 1 aliphatic heterocycles. The molecule has 0 aromatic heterocycles. The number of aryl methyl sites for hydroxylation is 1. The highest BCUT2D eigenvalue weighted by atomic mass is 16.5. The number of nitrogens with one attached hydrogen (secondary N) is 1. The van der Waals surface area contributed by atoms with Gasteiger partial charge in [0, 0.05) is 19.1 Å². The lowest BCUT2D eigenvalue weighted by molar-refractivity contribution is 0.139. The van der Waals surface area contributed by atoms with E-state index in [1.807, 2.05) is 7.05 Å². The van der Waals surface area contributed by atoms with Crippen LogP contribution in [0, 0.1) is 6.92 Å². The highest BCUT2D eigenvalue weighted by Crippen LogP contribution is 2.31. The summed E-state index contributed by atoms with van der Waals surface area (Å²) in [5.74, 6) is 1.63. The van der Waals surface area contributed by atoms with E-state index in [9.17, 15) is 0 Å². The van der Waals surface area contributed by atoms with Crippen molar-refractivity contribution in [3.05, 3.63) is 23.3 Å². The maximum atomic E-state index is 5.44. The molecule has 0 saturated carbocycles. The summed E-state index contributed by atoms with van der Waals surface area (Å²) in [5.41, 5.74) is 2.59. The minimum absolute atomic E-state index is 0.635. The van der Waals surface area contributed by atoms with Gasteiger partial charge in [-0.05, 0) is 56.6 Å². The standard InChI is InChI=1S/C17H28N2O2/c1-13-9-16(20-3)17(21-4)10-14(13)12-19-8-6-5-7-15(19)11-18-2/h9-10,15,18H,5-8,11-12H2,1-4H3. The van der Waals surface area contributed by atoms with Crippen LogP contribution in [0.1, 0.15) is 30.4 Å². The number of hydrogen-bond donors (Lipinski definition) is 1. The molecule has 1 atom stereocenters. The SMILES string of the molecule is CNCC1CCCCN1Cc1cc(OC)c(OC)cc1C. The summed E-state index contributed by atoms with van der Waals surface area (Å²) < 4.78 is 10.8. The fourth-order valence-corrected chi connectivity index (χ4v) is 3.15. The topological polar surface area (TPSA) is 33.7 Å². The van der Waals surface area contributed by atoms with Crippen LogP contribution in [-0.4, -0.2) is 45.3 Å². The average Bonchev–Trinajstić information content (AvgIpc) is 2.51. The van der Waals surface area contributed by atoms with Gasteiger partial charge in [0.05, 0.1) is 14.2 Å². The fraction of sp³-hybridized carbons (Fsp3) is 0.647. The van der Waals surface area contributed by atoms with Crippen molar-refractivity contribution in [2.75, 3.05) is 34.4 Å². The number of benzene rings is 1. The molecular formula is C17H28N2O2. The van der Waals surface area contributed by atoms with Gasteiger partial charge in [0.25, 0.3) is 0 Å². The molecule has 4 nitrogen and oxygen atoms in total. The Kier molecular flexibility index (Phi) is 5.88. The van der Waals surface area contributed by atoms with Crippen molar-refractivity contribution in [1.29, 1.82) is 0 Å². The molecule has 1 aliphatic rings. The first-order chi connectivity index (χ1) is 10.2. The van der Waals surface area contributed by atoms with Gasteiger partial charge < -0.3 is 14.8 Å². The molecule has 1 saturated heterocycles. The van der Waals surface area contributed by atoms with E-state index < -0.39 is 0 Å². The second-order valence-corrected chi connectivity index (χ2v) is 5.81. The van der Waals surface area contributed by atoms with Crippen molar-refractivity contribution in [1.82, 2.24) is 10.2 Å². The molecule has 4 heteroatoms. The Morgan fingerprint density at radius 1 is 1.19 bits per heavy atom. The van der Waals surface area contributed by atoms with Crippen LogP contribution in [-0.2, 0) is 6.54 Å². The summed E-state index contributed by atoms with van der Waals surface area (Å²) in [5, 5.41) is 3.32. The van der Waals surface area contributed by atoms with Crippen molar-refractivity contribution in [2.24, 2.45) is 0 Å². The van der Waals surface area contributed by atoms with Gasteiger partial charge in [-0.25, -0.2) is 0 Å². The van der Waals surface area contributed by atoms with E-state index in [-0.39, 0.29) is 0 Å². The van der Waals surface area contributed by atoms with Crippen molar-refractivity contribution in [2.45, 2.75) is 38.8 Å². The molecule has 0 spiro atoms. The number of rotatable bonds is 6. The van der Waals surface area contributed by atoms with E-state index in [0.717, 1.165) is 24.6 Å². The molecule has 0 aliphatic carbocycles. The first-order valence-corrected chi connectivity index (χ1v) is 7.79. The average molecular weight is 292 g/mol. The molecule has 0 radical (unpaired) electrons. The van der Waals surface area contributed by atoms with Gasteiger partial charge in [-0.15, -0.1) is 0 Å². The normalized spacial score (nSPS) is 19.5. The summed E-state index contributed by atoms with van der Waals surface area (Å²) in [6, 6.07) is 4.83. The lowest BCUT2D eigenvalue weighted by atomic mass is 9.99. The molecule has 2 rings (SSSR count). The van der Waals surface area contributed by atoms with Gasteiger partial charge in [0.1, 0.15) is 0 Å².